The number of carbonyl (C=O) groups excluding carboxylic acids is 1. The molecule has 0 bridgehead atoms. The molecule has 0 spiro atoms. The summed E-state index contributed by atoms with van der Waals surface area (Å²) >= 11 is 0. The van der Waals surface area contributed by atoms with E-state index in [9.17, 15) is 9.90 Å². The number of allylic oxidation sites excluding steroid dienone is 1. The number of pyridine rings is 1. The lowest BCUT2D eigenvalue weighted by Gasteiger charge is -2.01. The molecule has 2 aromatic carbocycles. The quantitative estimate of drug-likeness (QED) is 0.583. The van der Waals surface area contributed by atoms with Gasteiger partial charge in [-0.05, 0) is 35.9 Å². The van der Waals surface area contributed by atoms with Crippen LogP contribution >= 0.6 is 0 Å². The maximum absolute atomic E-state index is 12.1. The highest BCUT2D eigenvalue weighted by molar-refractivity contribution is 6.07. The van der Waals surface area contributed by atoms with Crippen LogP contribution in [0, 0.1) is 0 Å². The summed E-state index contributed by atoms with van der Waals surface area (Å²) in [6, 6.07) is 16.0. The van der Waals surface area contributed by atoms with Crippen molar-refractivity contribution < 1.29 is 9.90 Å². The van der Waals surface area contributed by atoms with Crippen molar-refractivity contribution in [1.29, 1.82) is 0 Å². The molecule has 0 aliphatic carbocycles. The van der Waals surface area contributed by atoms with E-state index < -0.39 is 0 Å². The number of phenolic OH excluding ortho intramolecular Hbond substituents is 1. The van der Waals surface area contributed by atoms with Gasteiger partial charge in [0.25, 0.3) is 0 Å². The highest BCUT2D eigenvalue weighted by Gasteiger charge is 2.03. The van der Waals surface area contributed by atoms with E-state index in [1.54, 1.807) is 24.4 Å². The molecule has 3 nitrogen and oxygen atoms in total. The molecule has 0 unspecified atom stereocenters. The molecule has 0 aliphatic rings. The van der Waals surface area contributed by atoms with E-state index in [1.807, 2.05) is 30.3 Å². The zero-order valence-electron chi connectivity index (χ0n) is 11.2. The Balaban J connectivity index is 1.93. The molecule has 0 radical (unpaired) electrons. The largest absolute Gasteiger partial charge is 0.508 e. The van der Waals surface area contributed by atoms with Crippen molar-refractivity contribution in [2.24, 2.45) is 0 Å². The van der Waals surface area contributed by atoms with Crippen LogP contribution in [0.3, 0.4) is 0 Å². The number of aromatic hydroxyl groups is 1. The second-order valence-electron chi connectivity index (χ2n) is 4.67. The number of nitrogens with zero attached hydrogens (tertiary/aromatic N) is 1. The number of hydrogen-bond acceptors (Lipinski definition) is 3. The molecule has 0 saturated heterocycles. The average Bonchev–Trinajstić information content (AvgIpc) is 2.52. The molecule has 1 aromatic heterocycles. The Kier molecular flexibility index (Phi) is 3.48. The predicted molar refractivity (Wildman–Crippen MR) is 83.2 cm³/mol. The maximum atomic E-state index is 12.1. The summed E-state index contributed by atoms with van der Waals surface area (Å²) in [6.45, 7) is 0. The van der Waals surface area contributed by atoms with Crippen molar-refractivity contribution in [1.82, 2.24) is 4.98 Å². The van der Waals surface area contributed by atoms with Crippen molar-refractivity contribution in [2.45, 2.75) is 0 Å². The second kappa shape index (κ2) is 5.59. The Hall–Kier alpha value is -2.94. The maximum Gasteiger partial charge on any atom is 0.185 e. The van der Waals surface area contributed by atoms with Crippen LogP contribution in [0.4, 0.5) is 0 Å². The van der Waals surface area contributed by atoms with Crippen LogP contribution in [0.1, 0.15) is 15.9 Å². The van der Waals surface area contributed by atoms with Gasteiger partial charge in [-0.15, -0.1) is 0 Å². The van der Waals surface area contributed by atoms with Gasteiger partial charge in [0.1, 0.15) is 5.75 Å². The molecule has 0 fully saturated rings. The fourth-order valence-electron chi connectivity index (χ4n) is 2.18. The van der Waals surface area contributed by atoms with Crippen LogP contribution in [0.25, 0.3) is 17.0 Å². The van der Waals surface area contributed by atoms with Gasteiger partial charge in [0.15, 0.2) is 5.78 Å². The van der Waals surface area contributed by atoms with Gasteiger partial charge in [-0.1, -0.05) is 36.4 Å². The van der Waals surface area contributed by atoms with Crippen molar-refractivity contribution in [3.63, 3.8) is 0 Å². The van der Waals surface area contributed by atoms with E-state index in [-0.39, 0.29) is 11.5 Å². The van der Waals surface area contributed by atoms with Crippen molar-refractivity contribution in [3.05, 3.63) is 78.0 Å². The number of aromatic nitrogens is 1. The van der Waals surface area contributed by atoms with E-state index in [4.69, 9.17) is 0 Å². The molecule has 0 saturated carbocycles. The summed E-state index contributed by atoms with van der Waals surface area (Å²) in [6.07, 6.45) is 5.01. The Morgan fingerprint density at radius 1 is 1.05 bits per heavy atom. The summed E-state index contributed by atoms with van der Waals surface area (Å²) in [7, 11) is 0. The minimum Gasteiger partial charge on any atom is -0.508 e. The second-order valence-corrected chi connectivity index (χ2v) is 4.67. The number of hydrogen-bond donors (Lipinski definition) is 1. The van der Waals surface area contributed by atoms with Gasteiger partial charge < -0.3 is 5.11 Å². The Bertz CT molecular complexity index is 832. The zero-order chi connectivity index (χ0) is 14.7. The number of benzene rings is 2. The first-order valence-electron chi connectivity index (χ1n) is 6.59. The first kappa shape index (κ1) is 13.1. The lowest BCUT2D eigenvalue weighted by atomic mass is 10.1. The third kappa shape index (κ3) is 2.82. The first-order valence-corrected chi connectivity index (χ1v) is 6.59. The molecule has 3 aromatic rings. The molecule has 0 atom stereocenters. The fourth-order valence-corrected chi connectivity index (χ4v) is 2.18. The van der Waals surface area contributed by atoms with Gasteiger partial charge in [-0.25, -0.2) is 0 Å². The summed E-state index contributed by atoms with van der Waals surface area (Å²) in [4.78, 5) is 16.4. The number of para-hydroxylation sites is 1. The van der Waals surface area contributed by atoms with Crippen LogP contribution in [-0.2, 0) is 0 Å². The molecular weight excluding hydrogens is 262 g/mol. The normalized spacial score (nSPS) is 11.0. The summed E-state index contributed by atoms with van der Waals surface area (Å²) in [5, 5.41) is 10.4. The first-order chi connectivity index (χ1) is 10.2. The summed E-state index contributed by atoms with van der Waals surface area (Å²) in [5.74, 6) is -0.0598. The van der Waals surface area contributed by atoms with Crippen LogP contribution in [0.2, 0.25) is 0 Å². The Labute approximate surface area is 122 Å². The molecule has 1 N–H and O–H groups in total. The minimum atomic E-state index is -0.146. The number of carbonyl (C=O) groups is 1. The average molecular weight is 275 g/mol. The van der Waals surface area contributed by atoms with E-state index in [2.05, 4.69) is 4.98 Å². The smallest absolute Gasteiger partial charge is 0.185 e. The molecule has 3 heteroatoms. The standard InChI is InChI=1S/C18H13NO2/c20-15-5-3-4-14(12-15)18(21)9-8-13-10-11-19-17-7-2-1-6-16(13)17/h1-12,20H/b9-8+. The highest BCUT2D eigenvalue weighted by atomic mass is 16.3. The van der Waals surface area contributed by atoms with E-state index in [0.29, 0.717) is 5.56 Å². The molecule has 1 heterocycles. The van der Waals surface area contributed by atoms with Crippen molar-refractivity contribution in [2.75, 3.05) is 0 Å². The van der Waals surface area contributed by atoms with E-state index in [1.165, 1.54) is 18.2 Å². The van der Waals surface area contributed by atoms with Gasteiger partial charge in [0.2, 0.25) is 0 Å². The van der Waals surface area contributed by atoms with Crippen LogP contribution in [0.5, 0.6) is 5.75 Å². The molecular formula is C18H13NO2. The Morgan fingerprint density at radius 2 is 1.90 bits per heavy atom. The SMILES string of the molecule is O=C(/C=C/c1ccnc2ccccc12)c1cccc(O)c1. The summed E-state index contributed by atoms with van der Waals surface area (Å²) < 4.78 is 0. The molecule has 0 amide bonds. The number of ketones is 1. The number of rotatable bonds is 3. The topological polar surface area (TPSA) is 50.2 Å². The third-order valence-corrected chi connectivity index (χ3v) is 3.23. The monoisotopic (exact) mass is 275 g/mol. The van der Waals surface area contributed by atoms with Gasteiger partial charge in [0, 0.05) is 17.1 Å². The van der Waals surface area contributed by atoms with Crippen molar-refractivity contribution >= 4 is 22.8 Å². The predicted octanol–water partition coefficient (Wildman–Crippen LogP) is 3.84. The lowest BCUT2D eigenvalue weighted by Crippen LogP contribution is -1.93. The fraction of sp³-hybridized carbons (Fsp3) is 0. The van der Waals surface area contributed by atoms with Crippen LogP contribution in [-0.4, -0.2) is 15.9 Å². The van der Waals surface area contributed by atoms with Gasteiger partial charge >= 0.3 is 0 Å². The number of phenols is 1. The number of fused-ring (bicyclic) bond motifs is 1. The van der Waals surface area contributed by atoms with Gasteiger partial charge in [-0.2, -0.15) is 0 Å². The molecule has 3 rings (SSSR count). The molecule has 102 valence electrons. The molecule has 0 aliphatic heterocycles. The van der Waals surface area contributed by atoms with Gasteiger partial charge in [0.05, 0.1) is 5.52 Å². The van der Waals surface area contributed by atoms with Crippen LogP contribution < -0.4 is 0 Å². The zero-order valence-corrected chi connectivity index (χ0v) is 11.2. The van der Waals surface area contributed by atoms with Crippen LogP contribution in [0.15, 0.2) is 66.9 Å². The van der Waals surface area contributed by atoms with Gasteiger partial charge in [-0.3, -0.25) is 9.78 Å². The Morgan fingerprint density at radius 3 is 2.76 bits per heavy atom. The summed E-state index contributed by atoms with van der Waals surface area (Å²) in [5.41, 5.74) is 2.29. The van der Waals surface area contributed by atoms with E-state index in [0.717, 1.165) is 16.5 Å². The minimum absolute atomic E-state index is 0.0867. The van der Waals surface area contributed by atoms with E-state index >= 15 is 0 Å². The molecule has 21 heavy (non-hydrogen) atoms. The highest BCUT2D eigenvalue weighted by Crippen LogP contribution is 2.18. The third-order valence-electron chi connectivity index (χ3n) is 3.23. The van der Waals surface area contributed by atoms with Crippen molar-refractivity contribution in [3.8, 4) is 5.75 Å². The lowest BCUT2D eigenvalue weighted by molar-refractivity contribution is 0.104.